The van der Waals surface area contributed by atoms with Crippen LogP contribution in [0.4, 0.5) is 0 Å². The molecule has 0 aromatic heterocycles. The number of hydrogen-bond acceptors (Lipinski definition) is 2. The molecule has 0 aliphatic carbocycles. The number of halogens is 1. The lowest BCUT2D eigenvalue weighted by Gasteiger charge is -2.22. The molecule has 0 radical (unpaired) electrons. The molecule has 0 atom stereocenters. The van der Waals surface area contributed by atoms with Crippen LogP contribution >= 0.6 is 11.6 Å². The predicted molar refractivity (Wildman–Crippen MR) is 75.0 cm³/mol. The molecule has 1 aliphatic heterocycles. The third kappa shape index (κ3) is 4.43. The average molecular weight is 266 g/mol. The largest absolute Gasteiger partial charge is 0.317 e. The zero-order valence-electron chi connectivity index (χ0n) is 10.6. The fraction of sp³-hybridized carbons (Fsp3) is 0.533. The van der Waals surface area contributed by atoms with E-state index in [1.165, 1.54) is 12.8 Å². The Morgan fingerprint density at radius 2 is 1.89 bits per heavy atom. The van der Waals surface area contributed by atoms with Crippen molar-refractivity contribution in [2.75, 3.05) is 13.1 Å². The third-order valence-electron chi connectivity index (χ3n) is 3.60. The molecule has 3 heteroatoms. The van der Waals surface area contributed by atoms with Gasteiger partial charge < -0.3 is 5.32 Å². The van der Waals surface area contributed by atoms with Crippen molar-refractivity contribution in [1.82, 2.24) is 5.32 Å². The molecule has 1 saturated heterocycles. The van der Waals surface area contributed by atoms with Crippen molar-refractivity contribution in [2.24, 2.45) is 5.92 Å². The van der Waals surface area contributed by atoms with Crippen LogP contribution in [0.2, 0.25) is 5.02 Å². The van der Waals surface area contributed by atoms with Crippen LogP contribution in [0.5, 0.6) is 0 Å². The molecule has 2 rings (SSSR count). The van der Waals surface area contributed by atoms with Crippen LogP contribution in [0.3, 0.4) is 0 Å². The van der Waals surface area contributed by atoms with Gasteiger partial charge in [0, 0.05) is 17.9 Å². The molecule has 1 N–H and O–H groups in total. The van der Waals surface area contributed by atoms with E-state index < -0.39 is 0 Å². The van der Waals surface area contributed by atoms with Crippen molar-refractivity contribution < 1.29 is 4.79 Å². The second kappa shape index (κ2) is 6.91. The van der Waals surface area contributed by atoms with Gasteiger partial charge in [0.05, 0.1) is 0 Å². The molecule has 1 aromatic carbocycles. The monoisotopic (exact) mass is 265 g/mol. The summed E-state index contributed by atoms with van der Waals surface area (Å²) < 4.78 is 0. The van der Waals surface area contributed by atoms with Gasteiger partial charge in [0.15, 0.2) is 0 Å². The first-order valence-electron chi connectivity index (χ1n) is 6.71. The Bertz CT molecular complexity index is 382. The number of piperidine rings is 1. The van der Waals surface area contributed by atoms with Gasteiger partial charge in [0.1, 0.15) is 5.78 Å². The lowest BCUT2D eigenvalue weighted by Crippen LogP contribution is -2.28. The Kier molecular flexibility index (Phi) is 5.21. The molecule has 0 saturated carbocycles. The summed E-state index contributed by atoms with van der Waals surface area (Å²) in [6.07, 6.45) is 4.74. The van der Waals surface area contributed by atoms with E-state index in [4.69, 9.17) is 11.6 Å². The van der Waals surface area contributed by atoms with E-state index in [9.17, 15) is 4.79 Å². The van der Waals surface area contributed by atoms with Crippen LogP contribution in [0.1, 0.15) is 31.2 Å². The van der Waals surface area contributed by atoms with E-state index in [-0.39, 0.29) is 0 Å². The van der Waals surface area contributed by atoms with Crippen LogP contribution in [0.25, 0.3) is 0 Å². The van der Waals surface area contributed by atoms with Crippen molar-refractivity contribution >= 4 is 17.4 Å². The quantitative estimate of drug-likeness (QED) is 0.886. The first kappa shape index (κ1) is 13.6. The maximum Gasteiger partial charge on any atom is 0.137 e. The Balaban J connectivity index is 1.73. The number of rotatable bonds is 5. The average Bonchev–Trinajstić information content (AvgIpc) is 2.40. The Labute approximate surface area is 114 Å². The van der Waals surface area contributed by atoms with Gasteiger partial charge in [-0.2, -0.15) is 0 Å². The maximum absolute atomic E-state index is 11.9. The lowest BCUT2D eigenvalue weighted by molar-refractivity contribution is -0.118. The van der Waals surface area contributed by atoms with E-state index in [0.717, 1.165) is 36.0 Å². The first-order chi connectivity index (χ1) is 8.74. The van der Waals surface area contributed by atoms with Crippen LogP contribution in [0, 0.1) is 5.92 Å². The second-order valence-electron chi connectivity index (χ2n) is 5.07. The molecule has 2 nitrogen and oxygen atoms in total. The molecule has 0 bridgehead atoms. The lowest BCUT2D eigenvalue weighted by atomic mass is 9.91. The minimum Gasteiger partial charge on any atom is -0.317 e. The number of benzene rings is 1. The number of Topliss-reactive ketones (excluding diaryl/α,β-unsaturated/α-hetero) is 1. The van der Waals surface area contributed by atoms with E-state index in [1.54, 1.807) is 0 Å². The topological polar surface area (TPSA) is 29.1 Å². The summed E-state index contributed by atoms with van der Waals surface area (Å²) >= 11 is 5.82. The molecule has 1 aliphatic rings. The summed E-state index contributed by atoms with van der Waals surface area (Å²) in [5, 5.41) is 4.07. The van der Waals surface area contributed by atoms with E-state index in [0.29, 0.717) is 18.6 Å². The highest BCUT2D eigenvalue weighted by molar-refractivity contribution is 6.30. The summed E-state index contributed by atoms with van der Waals surface area (Å²) in [6.45, 7) is 2.21. The number of hydrogen-bond donors (Lipinski definition) is 1. The fourth-order valence-corrected chi connectivity index (χ4v) is 2.58. The molecule has 1 aromatic rings. The SMILES string of the molecule is O=C(CCC1CCNCC1)Cc1ccc(Cl)cc1. The van der Waals surface area contributed by atoms with Crippen LogP contribution in [-0.4, -0.2) is 18.9 Å². The fourth-order valence-electron chi connectivity index (χ4n) is 2.45. The van der Waals surface area contributed by atoms with Crippen LogP contribution in [0.15, 0.2) is 24.3 Å². The highest BCUT2D eigenvalue weighted by atomic mass is 35.5. The Hall–Kier alpha value is -0.860. The third-order valence-corrected chi connectivity index (χ3v) is 3.86. The van der Waals surface area contributed by atoms with Gasteiger partial charge in [-0.3, -0.25) is 4.79 Å². The predicted octanol–water partition coefficient (Wildman–Crippen LogP) is 3.23. The Morgan fingerprint density at radius 3 is 2.56 bits per heavy atom. The first-order valence-corrected chi connectivity index (χ1v) is 7.08. The molecule has 0 unspecified atom stereocenters. The van der Waals surface area contributed by atoms with Gasteiger partial charge in [-0.15, -0.1) is 0 Å². The summed E-state index contributed by atoms with van der Waals surface area (Å²) in [5.74, 6) is 1.08. The number of nitrogens with one attached hydrogen (secondary N) is 1. The van der Waals surface area contributed by atoms with Gasteiger partial charge in [0.2, 0.25) is 0 Å². The number of carbonyl (C=O) groups is 1. The van der Waals surface area contributed by atoms with Crippen molar-refractivity contribution in [2.45, 2.75) is 32.1 Å². The standard InChI is InChI=1S/C15H20ClNO/c16-14-4-1-13(2-5-14)11-15(18)6-3-12-7-9-17-10-8-12/h1-2,4-5,12,17H,3,6-11H2. The zero-order chi connectivity index (χ0) is 12.8. The molecular weight excluding hydrogens is 246 g/mol. The van der Waals surface area contributed by atoms with Crippen LogP contribution in [-0.2, 0) is 11.2 Å². The molecule has 0 amide bonds. The molecule has 98 valence electrons. The van der Waals surface area contributed by atoms with Gasteiger partial charge >= 0.3 is 0 Å². The smallest absolute Gasteiger partial charge is 0.137 e. The van der Waals surface area contributed by atoms with Crippen molar-refractivity contribution in [3.05, 3.63) is 34.9 Å². The number of carbonyl (C=O) groups excluding carboxylic acids is 1. The van der Waals surface area contributed by atoms with Gasteiger partial charge in [-0.05, 0) is 56.0 Å². The zero-order valence-corrected chi connectivity index (χ0v) is 11.4. The highest BCUT2D eigenvalue weighted by Gasteiger charge is 2.14. The Morgan fingerprint density at radius 1 is 1.22 bits per heavy atom. The normalized spacial score (nSPS) is 16.7. The molecular formula is C15H20ClNO. The molecule has 18 heavy (non-hydrogen) atoms. The highest BCUT2D eigenvalue weighted by Crippen LogP contribution is 2.18. The molecule has 1 heterocycles. The van der Waals surface area contributed by atoms with Gasteiger partial charge in [-0.1, -0.05) is 23.7 Å². The summed E-state index contributed by atoms with van der Waals surface area (Å²) in [5.41, 5.74) is 1.06. The number of ketones is 1. The van der Waals surface area contributed by atoms with E-state index >= 15 is 0 Å². The van der Waals surface area contributed by atoms with E-state index in [1.807, 2.05) is 24.3 Å². The van der Waals surface area contributed by atoms with Crippen LogP contribution < -0.4 is 5.32 Å². The van der Waals surface area contributed by atoms with Crippen molar-refractivity contribution in [1.29, 1.82) is 0 Å². The van der Waals surface area contributed by atoms with E-state index in [2.05, 4.69) is 5.32 Å². The maximum atomic E-state index is 11.9. The summed E-state index contributed by atoms with van der Waals surface area (Å²) in [7, 11) is 0. The van der Waals surface area contributed by atoms with Gasteiger partial charge in [-0.25, -0.2) is 0 Å². The second-order valence-corrected chi connectivity index (χ2v) is 5.51. The summed E-state index contributed by atoms with van der Waals surface area (Å²) in [4.78, 5) is 11.9. The van der Waals surface area contributed by atoms with Gasteiger partial charge in [0.25, 0.3) is 0 Å². The summed E-state index contributed by atoms with van der Waals surface area (Å²) in [6, 6.07) is 7.56. The van der Waals surface area contributed by atoms with Crippen molar-refractivity contribution in [3.63, 3.8) is 0 Å². The molecule has 1 fully saturated rings. The van der Waals surface area contributed by atoms with Crippen molar-refractivity contribution in [3.8, 4) is 0 Å². The minimum absolute atomic E-state index is 0.343. The minimum atomic E-state index is 0.343. The molecule has 0 spiro atoms.